The Kier molecular flexibility index (Phi) is 2.80. The van der Waals surface area contributed by atoms with Crippen molar-refractivity contribution in [2.45, 2.75) is 11.8 Å². The van der Waals surface area contributed by atoms with Crippen LogP contribution in [0.15, 0.2) is 34.3 Å². The molecule has 0 saturated heterocycles. The highest BCUT2D eigenvalue weighted by Gasteiger charge is 2.17. The van der Waals surface area contributed by atoms with Gasteiger partial charge in [0.2, 0.25) is 5.29 Å². The molecule has 1 aromatic heterocycles. The van der Waals surface area contributed by atoms with Crippen LogP contribution in [-0.4, -0.2) is 15.1 Å². The molecule has 2 aromatic rings. The molecule has 1 aromatic carbocycles. The fourth-order valence-electron chi connectivity index (χ4n) is 2.02. The first-order valence-electron chi connectivity index (χ1n) is 5.46. The molecular formula is C12H11ClN4S. The molecule has 3 rings (SSSR count). The monoisotopic (exact) mass is 278 g/mol. The van der Waals surface area contributed by atoms with Crippen LogP contribution in [-0.2, 0) is 7.05 Å². The minimum Gasteiger partial charge on any atom is -0.300 e. The molecule has 2 heterocycles. The van der Waals surface area contributed by atoms with Crippen LogP contribution in [0.25, 0.3) is 11.1 Å². The van der Waals surface area contributed by atoms with Gasteiger partial charge in [0.05, 0.1) is 16.3 Å². The van der Waals surface area contributed by atoms with Crippen molar-refractivity contribution in [2.75, 3.05) is 0 Å². The predicted octanol–water partition coefficient (Wildman–Crippen LogP) is 3.23. The van der Waals surface area contributed by atoms with E-state index in [0.29, 0.717) is 5.29 Å². The number of hydrogen-bond donors (Lipinski definition) is 1. The van der Waals surface area contributed by atoms with Crippen LogP contribution in [0.3, 0.4) is 0 Å². The first-order chi connectivity index (χ1) is 8.65. The Balaban J connectivity index is 2.23. The zero-order chi connectivity index (χ0) is 12.7. The van der Waals surface area contributed by atoms with Crippen LogP contribution in [0.2, 0.25) is 0 Å². The summed E-state index contributed by atoms with van der Waals surface area (Å²) in [6.45, 7) is 1.99. The van der Waals surface area contributed by atoms with Crippen LogP contribution in [0.5, 0.6) is 0 Å². The average Bonchev–Trinajstić information content (AvgIpc) is 2.67. The summed E-state index contributed by atoms with van der Waals surface area (Å²) in [4.78, 5) is 5.46. The van der Waals surface area contributed by atoms with Crippen LogP contribution >= 0.6 is 23.5 Å². The van der Waals surface area contributed by atoms with E-state index in [9.17, 15) is 0 Å². The molecule has 6 heteroatoms. The third-order valence-electron chi connectivity index (χ3n) is 2.76. The summed E-state index contributed by atoms with van der Waals surface area (Å²) in [5.41, 5.74) is 4.04. The second-order valence-electron chi connectivity index (χ2n) is 4.06. The number of amidine groups is 1. The van der Waals surface area contributed by atoms with Crippen molar-refractivity contribution >= 4 is 34.5 Å². The number of rotatable bonds is 1. The maximum atomic E-state index is 5.95. The van der Waals surface area contributed by atoms with E-state index in [2.05, 4.69) is 14.8 Å². The molecule has 0 aliphatic carbocycles. The molecule has 0 saturated carbocycles. The maximum Gasteiger partial charge on any atom is 0.206 e. The Hall–Kier alpha value is -1.46. The molecule has 4 nitrogen and oxygen atoms in total. The number of aromatic nitrogens is 2. The van der Waals surface area contributed by atoms with Gasteiger partial charge in [-0.3, -0.25) is 4.68 Å². The van der Waals surface area contributed by atoms with E-state index in [-0.39, 0.29) is 0 Å². The van der Waals surface area contributed by atoms with Crippen molar-refractivity contribution < 1.29 is 0 Å². The van der Waals surface area contributed by atoms with Gasteiger partial charge in [0.25, 0.3) is 0 Å². The smallest absolute Gasteiger partial charge is 0.206 e. The van der Waals surface area contributed by atoms with Gasteiger partial charge in [0.1, 0.15) is 0 Å². The summed E-state index contributed by atoms with van der Waals surface area (Å²) in [6.07, 6.45) is 2.00. The number of hydrogen-bond acceptors (Lipinski definition) is 4. The van der Waals surface area contributed by atoms with Gasteiger partial charge in [-0.1, -0.05) is 12.1 Å². The minimum absolute atomic E-state index is 0.404. The molecule has 0 radical (unpaired) electrons. The largest absolute Gasteiger partial charge is 0.300 e. The molecule has 92 valence electrons. The lowest BCUT2D eigenvalue weighted by Gasteiger charge is -2.15. The molecule has 0 bridgehead atoms. The highest BCUT2D eigenvalue weighted by Crippen LogP contribution is 2.40. The fourth-order valence-corrected chi connectivity index (χ4v) is 2.86. The Morgan fingerprint density at radius 2 is 2.17 bits per heavy atom. The van der Waals surface area contributed by atoms with Crippen LogP contribution < -0.4 is 4.72 Å². The Morgan fingerprint density at radius 3 is 2.89 bits per heavy atom. The van der Waals surface area contributed by atoms with E-state index in [0.717, 1.165) is 27.4 Å². The molecular weight excluding hydrogens is 268 g/mol. The Labute approximate surface area is 114 Å². The third-order valence-corrected chi connectivity index (χ3v) is 3.89. The molecule has 0 amide bonds. The van der Waals surface area contributed by atoms with E-state index in [1.807, 2.05) is 43.0 Å². The molecule has 1 N–H and O–H groups in total. The number of benzene rings is 1. The van der Waals surface area contributed by atoms with Crippen molar-refractivity contribution in [3.63, 3.8) is 0 Å². The summed E-state index contributed by atoms with van der Waals surface area (Å²) in [5.74, 6) is 0. The summed E-state index contributed by atoms with van der Waals surface area (Å²) in [7, 11) is 1.92. The van der Waals surface area contributed by atoms with E-state index < -0.39 is 0 Å². The topological polar surface area (TPSA) is 42.2 Å². The van der Waals surface area contributed by atoms with Crippen molar-refractivity contribution in [3.05, 3.63) is 30.1 Å². The SMILES string of the molecule is Cc1nn(C)cc1-c1cccc2c1N=C(Cl)NS2. The number of aryl methyl sites for hydroxylation is 2. The first-order valence-corrected chi connectivity index (χ1v) is 6.65. The Morgan fingerprint density at radius 1 is 1.33 bits per heavy atom. The zero-order valence-corrected chi connectivity index (χ0v) is 11.5. The summed E-state index contributed by atoms with van der Waals surface area (Å²) in [6, 6.07) is 6.08. The number of nitrogens with zero attached hydrogens (tertiary/aromatic N) is 3. The van der Waals surface area contributed by atoms with Gasteiger partial charge in [-0.2, -0.15) is 5.10 Å². The van der Waals surface area contributed by atoms with Crippen molar-refractivity contribution in [3.8, 4) is 11.1 Å². The van der Waals surface area contributed by atoms with Gasteiger partial charge in [0, 0.05) is 24.4 Å². The lowest BCUT2D eigenvalue weighted by molar-refractivity contribution is 0.756. The van der Waals surface area contributed by atoms with Gasteiger partial charge < -0.3 is 4.72 Å². The van der Waals surface area contributed by atoms with E-state index in [1.54, 1.807) is 0 Å². The number of aliphatic imine (C=N–C) groups is 1. The van der Waals surface area contributed by atoms with E-state index in [1.165, 1.54) is 11.9 Å². The number of halogens is 1. The van der Waals surface area contributed by atoms with Crippen molar-refractivity contribution in [1.29, 1.82) is 0 Å². The third kappa shape index (κ3) is 1.89. The number of para-hydroxylation sites is 1. The highest BCUT2D eigenvalue weighted by molar-refractivity contribution is 7.98. The van der Waals surface area contributed by atoms with Crippen molar-refractivity contribution in [2.24, 2.45) is 12.0 Å². The second kappa shape index (κ2) is 4.33. The highest BCUT2D eigenvalue weighted by atomic mass is 35.5. The van der Waals surface area contributed by atoms with Crippen LogP contribution in [0, 0.1) is 6.92 Å². The lowest BCUT2D eigenvalue weighted by Crippen LogP contribution is -2.11. The number of nitrogens with one attached hydrogen (secondary N) is 1. The Bertz CT molecular complexity index is 648. The summed E-state index contributed by atoms with van der Waals surface area (Å²) < 4.78 is 4.76. The van der Waals surface area contributed by atoms with Gasteiger partial charge in [-0.05, 0) is 36.5 Å². The van der Waals surface area contributed by atoms with Gasteiger partial charge in [-0.15, -0.1) is 0 Å². The van der Waals surface area contributed by atoms with Gasteiger partial charge >= 0.3 is 0 Å². The van der Waals surface area contributed by atoms with Crippen molar-refractivity contribution in [1.82, 2.24) is 14.5 Å². The second-order valence-corrected chi connectivity index (χ2v) is 5.27. The van der Waals surface area contributed by atoms with E-state index >= 15 is 0 Å². The standard InChI is InChI=1S/C12H11ClN4S/c1-7-9(6-17(2)15-7)8-4-3-5-10-11(8)14-12(13)16-18-10/h3-6H,1-2H3,(H,14,16). The predicted molar refractivity (Wildman–Crippen MR) is 75.3 cm³/mol. The fraction of sp³-hybridized carbons (Fsp3) is 0.167. The molecule has 18 heavy (non-hydrogen) atoms. The molecule has 0 spiro atoms. The molecule has 1 aliphatic heterocycles. The normalized spacial score (nSPS) is 13.8. The van der Waals surface area contributed by atoms with Gasteiger partial charge in [0.15, 0.2) is 0 Å². The van der Waals surface area contributed by atoms with E-state index in [4.69, 9.17) is 11.6 Å². The molecule has 1 aliphatic rings. The molecule has 0 fully saturated rings. The van der Waals surface area contributed by atoms with Crippen LogP contribution in [0.1, 0.15) is 5.69 Å². The summed E-state index contributed by atoms with van der Waals surface area (Å²) in [5, 5.41) is 4.77. The lowest BCUT2D eigenvalue weighted by atomic mass is 10.1. The molecule has 0 atom stereocenters. The molecule has 0 unspecified atom stereocenters. The zero-order valence-electron chi connectivity index (χ0n) is 9.94. The quantitative estimate of drug-likeness (QED) is 0.643. The minimum atomic E-state index is 0.404. The first kappa shape index (κ1) is 11.6. The van der Waals surface area contributed by atoms with Gasteiger partial charge in [-0.25, -0.2) is 4.99 Å². The van der Waals surface area contributed by atoms with Crippen LogP contribution in [0.4, 0.5) is 5.69 Å². The number of fused-ring (bicyclic) bond motifs is 1. The summed E-state index contributed by atoms with van der Waals surface area (Å²) >= 11 is 7.42. The maximum absolute atomic E-state index is 5.95. The average molecular weight is 279 g/mol.